The Morgan fingerprint density at radius 2 is 2.00 bits per heavy atom. The van der Waals surface area contributed by atoms with Gasteiger partial charge in [0.15, 0.2) is 0 Å². The second-order valence-electron chi connectivity index (χ2n) is 6.26. The van der Waals surface area contributed by atoms with E-state index >= 15 is 0 Å². The summed E-state index contributed by atoms with van der Waals surface area (Å²) in [6.07, 6.45) is -1.32. The zero-order valence-corrected chi connectivity index (χ0v) is 15.3. The lowest BCUT2D eigenvalue weighted by Crippen LogP contribution is -2.27. The number of rotatable bonds is 5. The van der Waals surface area contributed by atoms with Crippen LogP contribution >= 0.6 is 11.8 Å². The molecule has 0 bridgehead atoms. The monoisotopic (exact) mass is 408 g/mol. The molecule has 2 aromatic heterocycles. The molecule has 0 N–H and O–H groups in total. The van der Waals surface area contributed by atoms with Gasteiger partial charge in [-0.3, -0.25) is 4.79 Å². The molecule has 1 atom stereocenters. The normalized spacial score (nSPS) is 17.5. The average molecular weight is 408 g/mol. The van der Waals surface area contributed by atoms with Gasteiger partial charge in [0.1, 0.15) is 16.8 Å². The van der Waals surface area contributed by atoms with Crippen molar-refractivity contribution < 1.29 is 22.4 Å². The molecule has 1 fully saturated rings. The zero-order valence-electron chi connectivity index (χ0n) is 14.5. The number of halogens is 3. The van der Waals surface area contributed by atoms with Gasteiger partial charge in [0, 0.05) is 0 Å². The van der Waals surface area contributed by atoms with E-state index in [1.165, 1.54) is 34.8 Å². The van der Waals surface area contributed by atoms with Crippen molar-refractivity contribution in [1.82, 2.24) is 19.9 Å². The summed E-state index contributed by atoms with van der Waals surface area (Å²) >= 11 is 1.40. The second-order valence-corrected chi connectivity index (χ2v) is 7.33. The molecular formula is C18H15F3N4O2S. The fourth-order valence-corrected chi connectivity index (χ4v) is 4.17. The van der Waals surface area contributed by atoms with E-state index in [-0.39, 0.29) is 23.4 Å². The number of furan rings is 1. The Bertz CT molecular complexity index is 971. The molecule has 10 heteroatoms. The van der Waals surface area contributed by atoms with Crippen molar-refractivity contribution in [2.75, 3.05) is 5.75 Å². The number of benzene rings is 1. The van der Waals surface area contributed by atoms with Crippen LogP contribution in [0.15, 0.2) is 53.3 Å². The lowest BCUT2D eigenvalue weighted by atomic mass is 10.1. The van der Waals surface area contributed by atoms with Crippen LogP contribution in [0.1, 0.15) is 28.0 Å². The van der Waals surface area contributed by atoms with Gasteiger partial charge in [-0.05, 0) is 23.8 Å². The van der Waals surface area contributed by atoms with Gasteiger partial charge in [-0.15, -0.1) is 16.9 Å². The summed E-state index contributed by atoms with van der Waals surface area (Å²) in [5.41, 5.74) is -0.0714. The first kappa shape index (κ1) is 18.6. The average Bonchev–Trinajstić information content (AvgIpc) is 3.38. The number of hydrogen-bond acceptors (Lipinski definition) is 5. The number of carbonyl (C=O) groups is 1. The van der Waals surface area contributed by atoms with Gasteiger partial charge in [0.05, 0.1) is 36.9 Å². The summed E-state index contributed by atoms with van der Waals surface area (Å²) in [5, 5.41) is 7.69. The van der Waals surface area contributed by atoms with Gasteiger partial charge in [-0.1, -0.05) is 23.4 Å². The van der Waals surface area contributed by atoms with Gasteiger partial charge in [0.2, 0.25) is 5.91 Å². The molecule has 1 amide bonds. The van der Waals surface area contributed by atoms with Crippen LogP contribution in [0.3, 0.4) is 0 Å². The topological polar surface area (TPSA) is 64.2 Å². The second kappa shape index (κ2) is 7.34. The first-order valence-electron chi connectivity index (χ1n) is 8.40. The summed E-state index contributed by atoms with van der Waals surface area (Å²) in [7, 11) is 0. The van der Waals surface area contributed by atoms with Crippen LogP contribution in [0, 0.1) is 0 Å². The van der Waals surface area contributed by atoms with Crippen LogP contribution < -0.4 is 0 Å². The molecule has 0 saturated carbocycles. The molecule has 1 unspecified atom stereocenters. The van der Waals surface area contributed by atoms with E-state index in [0.29, 0.717) is 23.8 Å². The van der Waals surface area contributed by atoms with Crippen LogP contribution in [0.25, 0.3) is 0 Å². The van der Waals surface area contributed by atoms with E-state index in [0.717, 1.165) is 6.07 Å². The predicted octanol–water partition coefficient (Wildman–Crippen LogP) is 3.71. The fourth-order valence-electron chi connectivity index (χ4n) is 3.05. The number of aromatic nitrogens is 3. The third kappa shape index (κ3) is 3.77. The molecule has 1 aromatic carbocycles. The Morgan fingerprint density at radius 3 is 2.75 bits per heavy atom. The number of thioether (sulfide) groups is 1. The summed E-state index contributed by atoms with van der Waals surface area (Å²) in [5.74, 6) is 0.894. The smallest absolute Gasteiger partial charge is 0.416 e. The molecule has 3 aromatic rings. The molecule has 3 heterocycles. The first-order chi connectivity index (χ1) is 13.4. The molecule has 146 valence electrons. The Hall–Kier alpha value is -2.75. The van der Waals surface area contributed by atoms with Crippen molar-refractivity contribution in [3.05, 3.63) is 71.4 Å². The molecule has 0 spiro atoms. The van der Waals surface area contributed by atoms with Crippen molar-refractivity contribution in [3.8, 4) is 0 Å². The van der Waals surface area contributed by atoms with Gasteiger partial charge in [0.25, 0.3) is 0 Å². The van der Waals surface area contributed by atoms with E-state index < -0.39 is 11.7 Å². The Labute approximate surface area is 162 Å². The molecule has 1 saturated heterocycles. The largest absolute Gasteiger partial charge is 0.467 e. The van der Waals surface area contributed by atoms with E-state index in [2.05, 4.69) is 10.3 Å². The highest BCUT2D eigenvalue weighted by Gasteiger charge is 2.36. The Balaban J connectivity index is 1.54. The molecule has 4 rings (SSSR count). The van der Waals surface area contributed by atoms with Crippen LogP contribution in [0.2, 0.25) is 0 Å². The standard InChI is InChI=1S/C18H15F3N4O2S/c19-18(20,21)14-6-2-1-4-12(14)8-24-10-15(22-23-24)17-25(16(26)11-28-17)9-13-5-3-7-27-13/h1-7,10,17H,8-9,11H2. The van der Waals surface area contributed by atoms with Crippen LogP contribution in [0.4, 0.5) is 13.2 Å². The van der Waals surface area contributed by atoms with Gasteiger partial charge < -0.3 is 9.32 Å². The molecule has 0 aliphatic carbocycles. The van der Waals surface area contributed by atoms with Crippen molar-refractivity contribution >= 4 is 17.7 Å². The van der Waals surface area contributed by atoms with Gasteiger partial charge in [-0.2, -0.15) is 13.2 Å². The number of hydrogen-bond donors (Lipinski definition) is 0. The summed E-state index contributed by atoms with van der Waals surface area (Å²) in [6, 6.07) is 8.89. The summed E-state index contributed by atoms with van der Waals surface area (Å²) in [4.78, 5) is 13.8. The quantitative estimate of drug-likeness (QED) is 0.644. The molecule has 28 heavy (non-hydrogen) atoms. The van der Waals surface area contributed by atoms with E-state index in [4.69, 9.17) is 4.42 Å². The highest BCUT2D eigenvalue weighted by molar-refractivity contribution is 8.00. The highest BCUT2D eigenvalue weighted by atomic mass is 32.2. The van der Waals surface area contributed by atoms with Crippen LogP contribution in [0.5, 0.6) is 0 Å². The van der Waals surface area contributed by atoms with Crippen LogP contribution in [-0.2, 0) is 24.1 Å². The number of amides is 1. The third-order valence-electron chi connectivity index (χ3n) is 4.34. The Kier molecular flexibility index (Phi) is 4.88. The van der Waals surface area contributed by atoms with E-state index in [9.17, 15) is 18.0 Å². The maximum atomic E-state index is 13.2. The van der Waals surface area contributed by atoms with Crippen molar-refractivity contribution in [2.24, 2.45) is 0 Å². The summed E-state index contributed by atoms with van der Waals surface area (Å²) in [6.45, 7) is 0.236. The van der Waals surface area contributed by atoms with Crippen molar-refractivity contribution in [2.45, 2.75) is 24.6 Å². The number of carbonyl (C=O) groups excluding carboxylic acids is 1. The van der Waals surface area contributed by atoms with Crippen molar-refractivity contribution in [1.29, 1.82) is 0 Å². The summed E-state index contributed by atoms with van der Waals surface area (Å²) < 4.78 is 46.2. The minimum absolute atomic E-state index is 0.0524. The maximum Gasteiger partial charge on any atom is 0.416 e. The molecule has 0 radical (unpaired) electrons. The predicted molar refractivity (Wildman–Crippen MR) is 95.0 cm³/mol. The third-order valence-corrected chi connectivity index (χ3v) is 5.56. The van der Waals surface area contributed by atoms with E-state index in [1.54, 1.807) is 29.3 Å². The number of nitrogens with zero attached hydrogens (tertiary/aromatic N) is 4. The number of alkyl halides is 3. The lowest BCUT2D eigenvalue weighted by molar-refractivity contribution is -0.138. The lowest BCUT2D eigenvalue weighted by Gasteiger charge is -2.20. The van der Waals surface area contributed by atoms with Gasteiger partial charge >= 0.3 is 6.18 Å². The minimum atomic E-state index is -4.44. The zero-order chi connectivity index (χ0) is 19.7. The van der Waals surface area contributed by atoms with Crippen LogP contribution in [-0.4, -0.2) is 31.6 Å². The minimum Gasteiger partial charge on any atom is -0.467 e. The van der Waals surface area contributed by atoms with Gasteiger partial charge in [-0.25, -0.2) is 4.68 Å². The fraction of sp³-hybridized carbons (Fsp3) is 0.278. The van der Waals surface area contributed by atoms with E-state index in [1.807, 2.05) is 0 Å². The molecular weight excluding hydrogens is 393 g/mol. The SMILES string of the molecule is O=C1CSC(c2cn(Cc3ccccc3C(F)(F)F)nn2)N1Cc1ccco1. The molecule has 6 nitrogen and oxygen atoms in total. The maximum absolute atomic E-state index is 13.2. The Morgan fingerprint density at radius 1 is 1.18 bits per heavy atom. The first-order valence-corrected chi connectivity index (χ1v) is 9.45. The van der Waals surface area contributed by atoms with Crippen molar-refractivity contribution in [3.63, 3.8) is 0 Å². The molecule has 1 aliphatic heterocycles. The highest BCUT2D eigenvalue weighted by Crippen LogP contribution is 2.38. The molecule has 1 aliphatic rings.